The number of anilines is 2. The Morgan fingerprint density at radius 2 is 1.76 bits per heavy atom. The van der Waals surface area contributed by atoms with Crippen LogP contribution in [0.15, 0.2) is 60.9 Å². The Labute approximate surface area is 155 Å². The van der Waals surface area contributed by atoms with Crippen molar-refractivity contribution in [1.82, 2.24) is 15.3 Å². The van der Waals surface area contributed by atoms with Crippen LogP contribution in [-0.2, 0) is 6.54 Å². The molecule has 0 aliphatic carbocycles. The number of hydrogen-bond acceptors (Lipinski definition) is 4. The minimum absolute atomic E-state index is 0.282. The van der Waals surface area contributed by atoms with Crippen LogP contribution >= 0.6 is 23.2 Å². The number of aromatic nitrogens is 2. The van der Waals surface area contributed by atoms with Crippen LogP contribution in [0.5, 0.6) is 0 Å². The maximum atomic E-state index is 12.3. The topological polar surface area (TPSA) is 66.9 Å². The summed E-state index contributed by atoms with van der Waals surface area (Å²) in [7, 11) is 0. The van der Waals surface area contributed by atoms with Crippen LogP contribution in [-0.4, -0.2) is 15.9 Å². The van der Waals surface area contributed by atoms with Gasteiger partial charge in [0, 0.05) is 18.1 Å². The van der Waals surface area contributed by atoms with Crippen molar-refractivity contribution < 1.29 is 4.79 Å². The first-order chi connectivity index (χ1) is 12.1. The fourth-order valence-electron chi connectivity index (χ4n) is 2.16. The number of rotatable bonds is 5. The number of carbonyl (C=O) groups is 1. The molecule has 0 atom stereocenters. The van der Waals surface area contributed by atoms with E-state index in [0.29, 0.717) is 28.0 Å². The van der Waals surface area contributed by atoms with Crippen molar-refractivity contribution in [2.75, 3.05) is 5.32 Å². The van der Waals surface area contributed by atoms with Crippen molar-refractivity contribution in [3.63, 3.8) is 0 Å². The quantitative estimate of drug-likeness (QED) is 0.693. The van der Waals surface area contributed by atoms with Crippen molar-refractivity contribution in [2.24, 2.45) is 0 Å². The average Bonchev–Trinajstić information content (AvgIpc) is 2.64. The van der Waals surface area contributed by atoms with E-state index in [1.165, 1.54) is 0 Å². The Morgan fingerprint density at radius 3 is 2.48 bits per heavy atom. The second kappa shape index (κ2) is 7.96. The zero-order valence-corrected chi connectivity index (χ0v) is 14.6. The van der Waals surface area contributed by atoms with E-state index in [0.717, 1.165) is 5.69 Å². The molecule has 3 rings (SSSR count). The molecule has 0 aliphatic rings. The van der Waals surface area contributed by atoms with Gasteiger partial charge in [0.15, 0.2) is 0 Å². The molecule has 0 bridgehead atoms. The zero-order valence-electron chi connectivity index (χ0n) is 13.0. The van der Waals surface area contributed by atoms with Crippen molar-refractivity contribution in [1.29, 1.82) is 0 Å². The molecule has 3 aromatic rings. The molecule has 2 heterocycles. The summed E-state index contributed by atoms with van der Waals surface area (Å²) in [5, 5.41) is 6.88. The highest BCUT2D eigenvalue weighted by Gasteiger charge is 2.10. The molecule has 2 aromatic heterocycles. The lowest BCUT2D eigenvalue weighted by Gasteiger charge is -2.11. The summed E-state index contributed by atoms with van der Waals surface area (Å²) in [6.07, 6.45) is 3.22. The zero-order chi connectivity index (χ0) is 17.6. The fraction of sp³-hybridized carbons (Fsp3) is 0.0556. The predicted molar refractivity (Wildman–Crippen MR) is 99.4 cm³/mol. The number of para-hydroxylation sites is 1. The van der Waals surface area contributed by atoms with Crippen LogP contribution in [0.25, 0.3) is 0 Å². The van der Waals surface area contributed by atoms with Gasteiger partial charge in [-0.2, -0.15) is 0 Å². The SMILES string of the molecule is O=C(NCc1ccccn1)c1cc(Nc2c(Cl)cccc2Cl)ccn1. The van der Waals surface area contributed by atoms with Gasteiger partial charge in [-0.05, 0) is 36.4 Å². The highest BCUT2D eigenvalue weighted by molar-refractivity contribution is 6.39. The summed E-state index contributed by atoms with van der Waals surface area (Å²) >= 11 is 12.3. The molecule has 0 unspecified atom stereocenters. The van der Waals surface area contributed by atoms with Gasteiger partial charge >= 0.3 is 0 Å². The third kappa shape index (κ3) is 4.47. The summed E-state index contributed by atoms with van der Waals surface area (Å²) in [6, 6.07) is 14.1. The smallest absolute Gasteiger partial charge is 0.270 e. The standard InChI is InChI=1S/C18H14Cl2N4O/c19-14-5-3-6-15(20)17(14)24-12-7-9-22-16(10-12)18(25)23-11-13-4-1-2-8-21-13/h1-10H,11H2,(H,22,24)(H,23,25). The van der Waals surface area contributed by atoms with Crippen LogP contribution in [0.2, 0.25) is 10.0 Å². The molecule has 0 saturated carbocycles. The maximum Gasteiger partial charge on any atom is 0.270 e. The lowest BCUT2D eigenvalue weighted by molar-refractivity contribution is 0.0945. The monoisotopic (exact) mass is 372 g/mol. The van der Waals surface area contributed by atoms with Gasteiger partial charge in [-0.3, -0.25) is 14.8 Å². The van der Waals surface area contributed by atoms with E-state index >= 15 is 0 Å². The van der Waals surface area contributed by atoms with Gasteiger partial charge in [0.1, 0.15) is 5.69 Å². The number of carbonyl (C=O) groups excluding carboxylic acids is 1. The predicted octanol–water partition coefficient (Wildman–Crippen LogP) is 4.46. The lowest BCUT2D eigenvalue weighted by atomic mass is 10.2. The normalized spacial score (nSPS) is 10.3. The van der Waals surface area contributed by atoms with E-state index in [9.17, 15) is 4.79 Å². The van der Waals surface area contributed by atoms with Crippen LogP contribution in [0.3, 0.4) is 0 Å². The molecular weight excluding hydrogens is 359 g/mol. The molecular formula is C18H14Cl2N4O. The van der Waals surface area contributed by atoms with E-state index in [4.69, 9.17) is 23.2 Å². The van der Waals surface area contributed by atoms with Gasteiger partial charge in [-0.15, -0.1) is 0 Å². The number of hydrogen-bond donors (Lipinski definition) is 2. The molecule has 0 fully saturated rings. The van der Waals surface area contributed by atoms with Gasteiger partial charge in [-0.25, -0.2) is 0 Å². The molecule has 2 N–H and O–H groups in total. The van der Waals surface area contributed by atoms with E-state index in [1.54, 1.807) is 42.7 Å². The van der Waals surface area contributed by atoms with Crippen molar-refractivity contribution >= 4 is 40.5 Å². The van der Waals surface area contributed by atoms with Crippen molar-refractivity contribution in [3.8, 4) is 0 Å². The minimum Gasteiger partial charge on any atom is -0.353 e. The van der Waals surface area contributed by atoms with Crippen molar-refractivity contribution in [2.45, 2.75) is 6.54 Å². The van der Waals surface area contributed by atoms with Crippen molar-refractivity contribution in [3.05, 3.63) is 82.4 Å². The highest BCUT2D eigenvalue weighted by Crippen LogP contribution is 2.32. The minimum atomic E-state index is -0.292. The maximum absolute atomic E-state index is 12.3. The van der Waals surface area contributed by atoms with Gasteiger partial charge in [0.25, 0.3) is 5.91 Å². The van der Waals surface area contributed by atoms with Gasteiger partial charge < -0.3 is 10.6 Å². The van der Waals surface area contributed by atoms with Crippen LogP contribution in [0, 0.1) is 0 Å². The van der Waals surface area contributed by atoms with E-state index in [1.807, 2.05) is 18.2 Å². The molecule has 126 valence electrons. The first-order valence-electron chi connectivity index (χ1n) is 7.48. The van der Waals surface area contributed by atoms with Crippen LogP contribution < -0.4 is 10.6 Å². The lowest BCUT2D eigenvalue weighted by Crippen LogP contribution is -2.24. The van der Waals surface area contributed by atoms with E-state index in [-0.39, 0.29) is 11.6 Å². The summed E-state index contributed by atoms with van der Waals surface area (Å²) in [5.41, 5.74) is 2.29. The third-order valence-electron chi connectivity index (χ3n) is 3.38. The summed E-state index contributed by atoms with van der Waals surface area (Å²) in [6.45, 7) is 0.329. The Morgan fingerprint density at radius 1 is 0.960 bits per heavy atom. The largest absolute Gasteiger partial charge is 0.353 e. The Balaban J connectivity index is 1.72. The molecule has 5 nitrogen and oxygen atoms in total. The van der Waals surface area contributed by atoms with E-state index in [2.05, 4.69) is 20.6 Å². The summed E-state index contributed by atoms with van der Waals surface area (Å²) < 4.78 is 0. The molecule has 0 saturated heterocycles. The second-order valence-electron chi connectivity index (χ2n) is 5.16. The number of nitrogens with one attached hydrogen (secondary N) is 2. The highest BCUT2D eigenvalue weighted by atomic mass is 35.5. The molecule has 25 heavy (non-hydrogen) atoms. The third-order valence-corrected chi connectivity index (χ3v) is 4.01. The number of amides is 1. The summed E-state index contributed by atoms with van der Waals surface area (Å²) in [4.78, 5) is 20.5. The van der Waals surface area contributed by atoms with Crippen LogP contribution in [0.4, 0.5) is 11.4 Å². The molecule has 1 amide bonds. The number of nitrogens with zero attached hydrogens (tertiary/aromatic N) is 2. The molecule has 0 radical (unpaired) electrons. The summed E-state index contributed by atoms with van der Waals surface area (Å²) in [5.74, 6) is -0.292. The Hall–Kier alpha value is -2.63. The average molecular weight is 373 g/mol. The van der Waals surface area contributed by atoms with Gasteiger partial charge in [0.2, 0.25) is 0 Å². The molecule has 1 aromatic carbocycles. The first-order valence-corrected chi connectivity index (χ1v) is 8.24. The number of pyridine rings is 2. The Kier molecular flexibility index (Phi) is 5.48. The second-order valence-corrected chi connectivity index (χ2v) is 5.97. The first kappa shape index (κ1) is 17.2. The van der Waals surface area contributed by atoms with Gasteiger partial charge in [-0.1, -0.05) is 35.3 Å². The number of halogens is 2. The number of benzene rings is 1. The molecule has 0 aliphatic heterocycles. The molecule has 7 heteroatoms. The fourth-order valence-corrected chi connectivity index (χ4v) is 2.65. The molecule has 0 spiro atoms. The van der Waals surface area contributed by atoms with E-state index < -0.39 is 0 Å². The van der Waals surface area contributed by atoms with Gasteiger partial charge in [0.05, 0.1) is 28.0 Å². The van der Waals surface area contributed by atoms with Crippen LogP contribution in [0.1, 0.15) is 16.2 Å². The Bertz CT molecular complexity index is 867.